The lowest BCUT2D eigenvalue weighted by molar-refractivity contribution is 0.0933. The van der Waals surface area contributed by atoms with E-state index in [1.165, 1.54) is 12.1 Å². The maximum atomic E-state index is 13.6. The Morgan fingerprint density at radius 2 is 2.08 bits per heavy atom. The summed E-state index contributed by atoms with van der Waals surface area (Å²) in [6.45, 7) is 4.33. The second kappa shape index (κ2) is 7.49. The van der Waals surface area contributed by atoms with Crippen molar-refractivity contribution in [2.45, 2.75) is 25.8 Å². The number of nitrogens with zero attached hydrogens (tertiary/aromatic N) is 1. The van der Waals surface area contributed by atoms with E-state index in [0.29, 0.717) is 16.6 Å². The van der Waals surface area contributed by atoms with Gasteiger partial charge in [0.1, 0.15) is 17.3 Å². The molecule has 1 aliphatic rings. The molecular weight excluding hydrogens is 375 g/mol. The molecule has 3 rings (SSSR count). The predicted molar refractivity (Wildman–Crippen MR) is 93.4 cm³/mol. The molecule has 1 atom stereocenters. The lowest BCUT2D eigenvalue weighted by atomic mass is 10.1. The quantitative estimate of drug-likeness (QED) is 0.831. The van der Waals surface area contributed by atoms with Crippen molar-refractivity contribution < 1.29 is 13.6 Å². The van der Waals surface area contributed by atoms with Gasteiger partial charge in [-0.15, -0.1) is 0 Å². The zero-order valence-electron chi connectivity index (χ0n) is 13.5. The van der Waals surface area contributed by atoms with Crippen molar-refractivity contribution in [3.63, 3.8) is 0 Å². The standard InChI is InChI=1S/C18H20BrFN2O2/c1-12-4-7-17(24-12)16(22-8-2-3-9-22)11-21-18(23)13-5-6-14(19)15(20)10-13/h4-7,10,16H,2-3,8-9,11H2,1H3,(H,21,23). The van der Waals surface area contributed by atoms with Crippen molar-refractivity contribution in [1.29, 1.82) is 0 Å². The van der Waals surface area contributed by atoms with Gasteiger partial charge in [0.15, 0.2) is 0 Å². The number of hydrogen-bond acceptors (Lipinski definition) is 3. The number of nitrogens with one attached hydrogen (secondary N) is 1. The van der Waals surface area contributed by atoms with Crippen LogP contribution in [0.15, 0.2) is 39.2 Å². The first-order valence-electron chi connectivity index (χ1n) is 8.08. The molecule has 128 valence electrons. The van der Waals surface area contributed by atoms with E-state index in [0.717, 1.165) is 37.5 Å². The number of amides is 1. The number of likely N-dealkylation sites (tertiary alicyclic amines) is 1. The fraction of sp³-hybridized carbons (Fsp3) is 0.389. The summed E-state index contributed by atoms with van der Waals surface area (Å²) in [6.07, 6.45) is 2.31. The molecule has 1 fully saturated rings. The minimum atomic E-state index is -0.444. The smallest absolute Gasteiger partial charge is 0.251 e. The number of carbonyl (C=O) groups excluding carboxylic acids is 1. The molecule has 0 saturated carbocycles. The molecule has 0 spiro atoms. The molecule has 1 aromatic heterocycles. The van der Waals surface area contributed by atoms with Crippen molar-refractivity contribution in [2.75, 3.05) is 19.6 Å². The van der Waals surface area contributed by atoms with Crippen LogP contribution in [0.3, 0.4) is 0 Å². The Morgan fingerprint density at radius 3 is 2.71 bits per heavy atom. The molecule has 0 bridgehead atoms. The van der Waals surface area contributed by atoms with E-state index in [1.807, 2.05) is 19.1 Å². The fourth-order valence-corrected chi connectivity index (χ4v) is 3.27. The third kappa shape index (κ3) is 3.87. The van der Waals surface area contributed by atoms with Crippen molar-refractivity contribution in [3.8, 4) is 0 Å². The van der Waals surface area contributed by atoms with Gasteiger partial charge in [0, 0.05) is 12.1 Å². The molecule has 0 aliphatic carbocycles. The van der Waals surface area contributed by atoms with E-state index in [1.54, 1.807) is 6.07 Å². The molecule has 1 unspecified atom stereocenters. The van der Waals surface area contributed by atoms with Gasteiger partial charge in [-0.2, -0.15) is 0 Å². The molecule has 1 amide bonds. The minimum absolute atomic E-state index is 0.00504. The first-order valence-corrected chi connectivity index (χ1v) is 8.87. The zero-order chi connectivity index (χ0) is 17.1. The van der Waals surface area contributed by atoms with Crippen LogP contribution in [0, 0.1) is 12.7 Å². The summed E-state index contributed by atoms with van der Waals surface area (Å²) in [5.41, 5.74) is 0.312. The highest BCUT2D eigenvalue weighted by Crippen LogP contribution is 2.26. The van der Waals surface area contributed by atoms with Crippen LogP contribution in [0.2, 0.25) is 0 Å². The third-order valence-corrected chi connectivity index (χ3v) is 4.95. The number of hydrogen-bond donors (Lipinski definition) is 1. The van der Waals surface area contributed by atoms with Gasteiger partial charge in [-0.25, -0.2) is 4.39 Å². The molecule has 24 heavy (non-hydrogen) atoms. The van der Waals surface area contributed by atoms with Gasteiger partial charge in [-0.05, 0) is 79.1 Å². The Hall–Kier alpha value is -1.66. The summed E-state index contributed by atoms with van der Waals surface area (Å²) in [6, 6.07) is 8.28. The van der Waals surface area contributed by atoms with Crippen molar-refractivity contribution in [1.82, 2.24) is 10.2 Å². The highest BCUT2D eigenvalue weighted by molar-refractivity contribution is 9.10. The second-order valence-electron chi connectivity index (χ2n) is 6.05. The fourth-order valence-electron chi connectivity index (χ4n) is 3.02. The molecule has 1 N–H and O–H groups in total. The summed E-state index contributed by atoms with van der Waals surface area (Å²) in [5, 5.41) is 2.91. The number of benzene rings is 1. The van der Waals surface area contributed by atoms with Crippen molar-refractivity contribution in [2.24, 2.45) is 0 Å². The molecule has 0 radical (unpaired) electrons. The van der Waals surface area contributed by atoms with Crippen LogP contribution in [0.25, 0.3) is 0 Å². The predicted octanol–water partition coefficient (Wildman–Crippen LogP) is 4.06. The zero-order valence-corrected chi connectivity index (χ0v) is 15.1. The number of halogens is 2. The number of aryl methyl sites for hydroxylation is 1. The Balaban J connectivity index is 1.70. The maximum absolute atomic E-state index is 13.6. The lowest BCUT2D eigenvalue weighted by Crippen LogP contribution is -2.36. The van der Waals surface area contributed by atoms with Gasteiger partial charge in [0.2, 0.25) is 0 Å². The van der Waals surface area contributed by atoms with E-state index in [-0.39, 0.29) is 11.9 Å². The van der Waals surface area contributed by atoms with Crippen molar-refractivity contribution in [3.05, 3.63) is 57.7 Å². The third-order valence-electron chi connectivity index (χ3n) is 4.31. The molecule has 4 nitrogen and oxygen atoms in total. The Labute approximate surface area is 149 Å². The van der Waals surface area contributed by atoms with Crippen LogP contribution in [-0.2, 0) is 0 Å². The summed E-state index contributed by atoms with van der Waals surface area (Å²) in [5.74, 6) is 0.987. The first-order chi connectivity index (χ1) is 11.5. The van der Waals surface area contributed by atoms with Crippen LogP contribution >= 0.6 is 15.9 Å². The SMILES string of the molecule is Cc1ccc(C(CNC(=O)c2ccc(Br)c(F)c2)N2CCCC2)o1. The monoisotopic (exact) mass is 394 g/mol. The van der Waals surface area contributed by atoms with E-state index in [9.17, 15) is 9.18 Å². The molecule has 1 aliphatic heterocycles. The maximum Gasteiger partial charge on any atom is 0.251 e. The van der Waals surface area contributed by atoms with Gasteiger partial charge in [-0.1, -0.05) is 0 Å². The van der Waals surface area contributed by atoms with Crippen LogP contribution in [0.4, 0.5) is 4.39 Å². The van der Waals surface area contributed by atoms with Gasteiger partial charge >= 0.3 is 0 Å². The molecule has 2 heterocycles. The highest BCUT2D eigenvalue weighted by Gasteiger charge is 2.26. The average molecular weight is 395 g/mol. The van der Waals surface area contributed by atoms with E-state index in [4.69, 9.17) is 4.42 Å². The minimum Gasteiger partial charge on any atom is -0.465 e. The Kier molecular flexibility index (Phi) is 5.36. The van der Waals surface area contributed by atoms with Crippen molar-refractivity contribution >= 4 is 21.8 Å². The molecular formula is C18H20BrFN2O2. The molecule has 1 aromatic carbocycles. The van der Waals surface area contributed by atoms with Crippen LogP contribution in [0.5, 0.6) is 0 Å². The molecule has 6 heteroatoms. The number of rotatable bonds is 5. The number of carbonyl (C=O) groups is 1. The van der Waals surface area contributed by atoms with Crippen LogP contribution in [0.1, 0.15) is 40.8 Å². The van der Waals surface area contributed by atoms with E-state index < -0.39 is 5.82 Å². The topological polar surface area (TPSA) is 45.5 Å². The van der Waals surface area contributed by atoms with Gasteiger partial charge in [0.25, 0.3) is 5.91 Å². The normalized spacial score (nSPS) is 16.3. The molecule has 2 aromatic rings. The Bertz CT molecular complexity index is 726. The average Bonchev–Trinajstić information content (AvgIpc) is 3.22. The lowest BCUT2D eigenvalue weighted by Gasteiger charge is -2.26. The van der Waals surface area contributed by atoms with E-state index >= 15 is 0 Å². The van der Waals surface area contributed by atoms with Crippen LogP contribution in [-0.4, -0.2) is 30.4 Å². The summed E-state index contributed by atoms with van der Waals surface area (Å²) >= 11 is 3.09. The molecule has 1 saturated heterocycles. The van der Waals surface area contributed by atoms with E-state index in [2.05, 4.69) is 26.1 Å². The van der Waals surface area contributed by atoms with Gasteiger partial charge < -0.3 is 9.73 Å². The van der Waals surface area contributed by atoms with Gasteiger partial charge in [-0.3, -0.25) is 9.69 Å². The second-order valence-corrected chi connectivity index (χ2v) is 6.90. The first kappa shape index (κ1) is 17.2. The van der Waals surface area contributed by atoms with Gasteiger partial charge in [0.05, 0.1) is 10.5 Å². The summed E-state index contributed by atoms with van der Waals surface area (Å²) < 4.78 is 19.7. The highest BCUT2D eigenvalue weighted by atomic mass is 79.9. The largest absolute Gasteiger partial charge is 0.465 e. The number of furan rings is 1. The summed E-state index contributed by atoms with van der Waals surface area (Å²) in [4.78, 5) is 14.6. The summed E-state index contributed by atoms with van der Waals surface area (Å²) in [7, 11) is 0. The van der Waals surface area contributed by atoms with Crippen LogP contribution < -0.4 is 5.32 Å². The Morgan fingerprint density at radius 1 is 1.33 bits per heavy atom.